The molecule has 1 unspecified atom stereocenters. The molecule has 1 aliphatic heterocycles. The molecule has 3 rings (SSSR count). The predicted molar refractivity (Wildman–Crippen MR) is 114 cm³/mol. The van der Waals surface area contributed by atoms with Crippen molar-refractivity contribution in [2.45, 2.75) is 16.1 Å². The van der Waals surface area contributed by atoms with Crippen LogP contribution in [0.2, 0.25) is 0 Å². The highest BCUT2D eigenvalue weighted by atomic mass is 35.6. The number of benzene rings is 2. The summed E-state index contributed by atoms with van der Waals surface area (Å²) in [5.74, 6) is -2.25. The van der Waals surface area contributed by atoms with E-state index in [0.29, 0.717) is 4.90 Å². The standard InChI is InChI=1S/C19H13Cl3F4N4O2/c1-29-14(15(31)30(17(29)32)13-5-3-2-4-12(13)23)28-16(18(20,21)22)27-11-8-6-10(7-9-11)19(24,25)26/h2-9,16,27H,1H3. The van der Waals surface area contributed by atoms with E-state index in [-0.39, 0.29) is 11.4 Å². The molecule has 1 aliphatic rings. The summed E-state index contributed by atoms with van der Waals surface area (Å²) in [5.41, 5.74) is -1.08. The number of likely N-dealkylation sites (N-methyl/N-ethyl adjacent to an activating group) is 1. The molecule has 0 radical (unpaired) electrons. The van der Waals surface area contributed by atoms with Gasteiger partial charge in [0, 0.05) is 12.7 Å². The van der Waals surface area contributed by atoms with E-state index in [1.54, 1.807) is 0 Å². The molecule has 0 saturated carbocycles. The van der Waals surface area contributed by atoms with Crippen LogP contribution in [0.5, 0.6) is 0 Å². The van der Waals surface area contributed by atoms with Crippen molar-refractivity contribution in [3.63, 3.8) is 0 Å². The molecule has 1 fully saturated rings. The number of carbonyl (C=O) groups is 2. The summed E-state index contributed by atoms with van der Waals surface area (Å²) < 4.78 is 50.2. The summed E-state index contributed by atoms with van der Waals surface area (Å²) in [5, 5.41) is 2.61. The van der Waals surface area contributed by atoms with Gasteiger partial charge < -0.3 is 5.32 Å². The number of amidine groups is 1. The molecule has 0 bridgehead atoms. The Morgan fingerprint density at radius 3 is 2.12 bits per heavy atom. The van der Waals surface area contributed by atoms with Crippen LogP contribution >= 0.6 is 34.8 Å². The third-order valence-electron chi connectivity index (χ3n) is 4.36. The maximum Gasteiger partial charge on any atom is 0.416 e. The van der Waals surface area contributed by atoms with Crippen LogP contribution in [0.15, 0.2) is 53.5 Å². The van der Waals surface area contributed by atoms with Crippen molar-refractivity contribution in [1.29, 1.82) is 0 Å². The molecule has 2 aromatic rings. The molecule has 1 atom stereocenters. The molecule has 6 nitrogen and oxygen atoms in total. The van der Waals surface area contributed by atoms with Gasteiger partial charge in [-0.1, -0.05) is 46.9 Å². The fraction of sp³-hybridized carbons (Fsp3) is 0.211. The molecule has 1 saturated heterocycles. The van der Waals surface area contributed by atoms with Crippen molar-refractivity contribution >= 4 is 64.0 Å². The van der Waals surface area contributed by atoms with Crippen LogP contribution in [0.1, 0.15) is 5.56 Å². The Labute approximate surface area is 194 Å². The average molecular weight is 512 g/mol. The van der Waals surface area contributed by atoms with Gasteiger partial charge in [-0.15, -0.1) is 0 Å². The average Bonchev–Trinajstić information content (AvgIpc) is 2.90. The van der Waals surface area contributed by atoms with E-state index in [9.17, 15) is 27.2 Å². The molecule has 13 heteroatoms. The van der Waals surface area contributed by atoms with Crippen molar-refractivity contribution in [2.24, 2.45) is 4.99 Å². The lowest BCUT2D eigenvalue weighted by molar-refractivity contribution is -0.137. The molecule has 0 aliphatic carbocycles. The number of carbonyl (C=O) groups excluding carboxylic acids is 2. The molecular weight excluding hydrogens is 499 g/mol. The Kier molecular flexibility index (Phi) is 6.60. The Morgan fingerprint density at radius 2 is 1.59 bits per heavy atom. The number of nitrogens with one attached hydrogen (secondary N) is 1. The number of imide groups is 1. The monoisotopic (exact) mass is 510 g/mol. The zero-order valence-corrected chi connectivity index (χ0v) is 18.3. The summed E-state index contributed by atoms with van der Waals surface area (Å²) in [6.07, 6.45) is -6.03. The summed E-state index contributed by atoms with van der Waals surface area (Å²) >= 11 is 17.8. The second-order valence-corrected chi connectivity index (χ2v) is 8.92. The molecule has 0 spiro atoms. The Balaban J connectivity index is 1.94. The first-order valence-electron chi connectivity index (χ1n) is 8.75. The molecule has 1 N–H and O–H groups in total. The number of hydrogen-bond donors (Lipinski definition) is 1. The molecule has 2 aromatic carbocycles. The van der Waals surface area contributed by atoms with Gasteiger partial charge in [-0.3, -0.25) is 9.69 Å². The van der Waals surface area contributed by atoms with Crippen molar-refractivity contribution in [3.8, 4) is 0 Å². The number of aliphatic imine (C=N–C) groups is 1. The first-order valence-corrected chi connectivity index (χ1v) is 9.89. The number of alkyl halides is 6. The van der Waals surface area contributed by atoms with E-state index >= 15 is 0 Å². The minimum absolute atomic E-state index is 0.101. The molecule has 170 valence electrons. The van der Waals surface area contributed by atoms with Gasteiger partial charge in [-0.25, -0.2) is 19.1 Å². The van der Waals surface area contributed by atoms with Gasteiger partial charge in [0.1, 0.15) is 5.82 Å². The van der Waals surface area contributed by atoms with Crippen LogP contribution in [-0.4, -0.2) is 39.7 Å². The quantitative estimate of drug-likeness (QED) is 0.337. The van der Waals surface area contributed by atoms with Gasteiger partial charge in [0.05, 0.1) is 11.3 Å². The van der Waals surface area contributed by atoms with E-state index in [1.807, 2.05) is 0 Å². The van der Waals surface area contributed by atoms with Gasteiger partial charge in [-0.05, 0) is 36.4 Å². The van der Waals surface area contributed by atoms with Crippen molar-refractivity contribution in [3.05, 3.63) is 59.9 Å². The lowest BCUT2D eigenvalue weighted by atomic mass is 10.2. The molecule has 0 aromatic heterocycles. The number of urea groups is 1. The number of para-hydroxylation sites is 1. The van der Waals surface area contributed by atoms with E-state index in [0.717, 1.165) is 35.2 Å². The number of rotatable bonds is 4. The topological polar surface area (TPSA) is 65.0 Å². The normalized spacial score (nSPS) is 17.3. The van der Waals surface area contributed by atoms with Crippen LogP contribution in [0, 0.1) is 5.82 Å². The third kappa shape index (κ3) is 4.92. The number of hydrogen-bond acceptors (Lipinski definition) is 4. The Hall–Kier alpha value is -2.56. The largest absolute Gasteiger partial charge is 0.416 e. The number of nitrogens with zero attached hydrogens (tertiary/aromatic N) is 3. The zero-order valence-electron chi connectivity index (χ0n) is 16.0. The Bertz CT molecular complexity index is 1070. The number of amides is 3. The highest BCUT2D eigenvalue weighted by Gasteiger charge is 2.44. The Morgan fingerprint density at radius 1 is 1.00 bits per heavy atom. The lowest BCUT2D eigenvalue weighted by Gasteiger charge is -2.24. The maximum absolute atomic E-state index is 14.1. The highest BCUT2D eigenvalue weighted by molar-refractivity contribution is 6.68. The van der Waals surface area contributed by atoms with Crippen LogP contribution in [0.3, 0.4) is 0 Å². The molecular formula is C19H13Cl3F4N4O2. The minimum Gasteiger partial charge on any atom is -0.360 e. The second-order valence-electron chi connectivity index (χ2n) is 6.55. The number of anilines is 2. The van der Waals surface area contributed by atoms with Gasteiger partial charge in [0.15, 0.2) is 6.17 Å². The van der Waals surface area contributed by atoms with Gasteiger partial charge in [0.25, 0.3) is 0 Å². The maximum atomic E-state index is 14.1. The summed E-state index contributed by atoms with van der Waals surface area (Å²) in [4.78, 5) is 30.8. The van der Waals surface area contributed by atoms with Gasteiger partial charge >= 0.3 is 18.1 Å². The van der Waals surface area contributed by atoms with Crippen LogP contribution in [-0.2, 0) is 11.0 Å². The molecule has 3 amide bonds. The zero-order chi connectivity index (χ0) is 23.8. The lowest BCUT2D eigenvalue weighted by Crippen LogP contribution is -2.36. The van der Waals surface area contributed by atoms with Crippen LogP contribution in [0.4, 0.5) is 33.7 Å². The first-order chi connectivity index (χ1) is 14.8. The highest BCUT2D eigenvalue weighted by Crippen LogP contribution is 2.35. The minimum atomic E-state index is -4.54. The first kappa shape index (κ1) is 24.1. The summed E-state index contributed by atoms with van der Waals surface area (Å²) in [6, 6.07) is 8.02. The van der Waals surface area contributed by atoms with Crippen molar-refractivity contribution < 1.29 is 27.2 Å². The fourth-order valence-corrected chi connectivity index (χ4v) is 3.09. The van der Waals surface area contributed by atoms with E-state index in [2.05, 4.69) is 10.3 Å². The smallest absolute Gasteiger partial charge is 0.360 e. The van der Waals surface area contributed by atoms with E-state index in [4.69, 9.17) is 34.8 Å². The van der Waals surface area contributed by atoms with Gasteiger partial charge in [-0.2, -0.15) is 13.2 Å². The number of halogens is 7. The van der Waals surface area contributed by atoms with Crippen LogP contribution < -0.4 is 10.2 Å². The van der Waals surface area contributed by atoms with Crippen molar-refractivity contribution in [1.82, 2.24) is 4.90 Å². The molecule has 32 heavy (non-hydrogen) atoms. The predicted octanol–water partition coefficient (Wildman–Crippen LogP) is 5.45. The summed E-state index contributed by atoms with van der Waals surface area (Å²) in [6.45, 7) is 0. The fourth-order valence-electron chi connectivity index (χ4n) is 2.78. The van der Waals surface area contributed by atoms with E-state index in [1.165, 1.54) is 25.2 Å². The second kappa shape index (κ2) is 8.76. The summed E-state index contributed by atoms with van der Waals surface area (Å²) in [7, 11) is 1.22. The molecule has 1 heterocycles. The SMILES string of the molecule is CN1C(=O)N(c2ccccc2F)C(=O)C1=NC(Nc1ccc(C(F)(F)F)cc1)C(Cl)(Cl)Cl. The van der Waals surface area contributed by atoms with Crippen LogP contribution in [0.25, 0.3) is 0 Å². The third-order valence-corrected chi connectivity index (χ3v) is 4.98. The van der Waals surface area contributed by atoms with Crippen molar-refractivity contribution in [2.75, 3.05) is 17.3 Å². The van der Waals surface area contributed by atoms with E-state index < -0.39 is 45.3 Å². The van der Waals surface area contributed by atoms with Gasteiger partial charge in [0.2, 0.25) is 9.63 Å².